The van der Waals surface area contributed by atoms with Crippen LogP contribution in [0.15, 0.2) is 66.9 Å². The molecule has 3 heterocycles. The van der Waals surface area contributed by atoms with E-state index in [9.17, 15) is 4.79 Å². The van der Waals surface area contributed by atoms with E-state index in [1.54, 1.807) is 6.20 Å². The van der Waals surface area contributed by atoms with Gasteiger partial charge in [-0.25, -0.2) is 5.01 Å². The number of aromatic nitrogens is 3. The summed E-state index contributed by atoms with van der Waals surface area (Å²) in [5.74, 6) is -0.0726. The van der Waals surface area contributed by atoms with Gasteiger partial charge in [-0.3, -0.25) is 20.3 Å². The van der Waals surface area contributed by atoms with Gasteiger partial charge in [0.1, 0.15) is 5.69 Å². The van der Waals surface area contributed by atoms with Crippen LogP contribution in [-0.4, -0.2) is 38.7 Å². The van der Waals surface area contributed by atoms with Crippen molar-refractivity contribution in [1.82, 2.24) is 25.6 Å². The number of nitrogens with zero attached hydrogens (tertiary/aromatic N) is 3. The Morgan fingerprint density at radius 3 is 2.88 bits per heavy atom. The van der Waals surface area contributed by atoms with Crippen LogP contribution >= 0.6 is 0 Å². The maximum absolute atomic E-state index is 13.1. The second kappa shape index (κ2) is 8.93. The molecule has 0 saturated carbocycles. The fourth-order valence-electron chi connectivity index (χ4n) is 4.52. The Labute approximate surface area is 187 Å². The van der Waals surface area contributed by atoms with Crippen LogP contribution in [0.25, 0.3) is 22.2 Å². The molecule has 1 unspecified atom stereocenters. The fraction of sp³-hybridized carbons (Fsp3) is 0.269. The molecule has 1 saturated heterocycles. The van der Waals surface area contributed by atoms with E-state index in [2.05, 4.69) is 49.9 Å². The first-order valence-corrected chi connectivity index (χ1v) is 11.2. The van der Waals surface area contributed by atoms with Crippen LogP contribution in [-0.2, 0) is 6.42 Å². The molecular weight excluding hydrogens is 398 g/mol. The van der Waals surface area contributed by atoms with E-state index in [1.807, 2.05) is 43.3 Å². The van der Waals surface area contributed by atoms with Gasteiger partial charge in [0.05, 0.1) is 5.52 Å². The number of carbonyl (C=O) groups excluding carboxylic acids is 1. The maximum atomic E-state index is 13.1. The lowest BCUT2D eigenvalue weighted by Crippen LogP contribution is -2.45. The highest BCUT2D eigenvalue weighted by atomic mass is 16.2. The number of hydrazine groups is 1. The fourth-order valence-corrected chi connectivity index (χ4v) is 4.52. The van der Waals surface area contributed by atoms with Crippen molar-refractivity contribution in [1.29, 1.82) is 0 Å². The summed E-state index contributed by atoms with van der Waals surface area (Å²) in [6, 6.07) is 20.6. The zero-order valence-corrected chi connectivity index (χ0v) is 18.2. The minimum Gasteiger partial charge on any atom is -0.285 e. The van der Waals surface area contributed by atoms with E-state index in [1.165, 1.54) is 5.56 Å². The molecule has 0 bridgehead atoms. The van der Waals surface area contributed by atoms with E-state index in [4.69, 9.17) is 0 Å². The molecule has 1 aliphatic heterocycles. The van der Waals surface area contributed by atoms with Crippen LogP contribution in [0, 0.1) is 6.92 Å². The minimum atomic E-state index is -0.0726. The molecule has 2 aromatic carbocycles. The van der Waals surface area contributed by atoms with Crippen molar-refractivity contribution in [2.24, 2.45) is 0 Å². The first kappa shape index (κ1) is 20.4. The SMILES string of the molecule is Cc1cc(-c2n[nH]c3ccc(C(=O)NN4CCCC4CCc4ccccc4)cc23)ccn1. The molecule has 6 heteroatoms. The summed E-state index contributed by atoms with van der Waals surface area (Å²) in [6.07, 6.45) is 6.06. The average molecular weight is 426 g/mol. The molecule has 0 aliphatic carbocycles. The maximum Gasteiger partial charge on any atom is 0.265 e. The second-order valence-electron chi connectivity index (χ2n) is 8.47. The Morgan fingerprint density at radius 2 is 2.03 bits per heavy atom. The van der Waals surface area contributed by atoms with Crippen molar-refractivity contribution >= 4 is 16.8 Å². The Morgan fingerprint density at radius 1 is 1.16 bits per heavy atom. The predicted molar refractivity (Wildman–Crippen MR) is 126 cm³/mol. The van der Waals surface area contributed by atoms with E-state index in [0.29, 0.717) is 11.6 Å². The topological polar surface area (TPSA) is 73.9 Å². The summed E-state index contributed by atoms with van der Waals surface area (Å²) < 4.78 is 0. The molecule has 162 valence electrons. The quantitative estimate of drug-likeness (QED) is 0.471. The number of hydrogen-bond acceptors (Lipinski definition) is 4. The molecule has 2 aromatic heterocycles. The van der Waals surface area contributed by atoms with Crippen LogP contribution in [0.2, 0.25) is 0 Å². The molecule has 32 heavy (non-hydrogen) atoms. The van der Waals surface area contributed by atoms with Gasteiger partial charge < -0.3 is 0 Å². The average Bonchev–Trinajstić information content (AvgIpc) is 3.44. The third-order valence-electron chi connectivity index (χ3n) is 6.23. The number of aryl methyl sites for hydroxylation is 2. The normalized spacial score (nSPS) is 16.5. The number of carbonyl (C=O) groups is 1. The van der Waals surface area contributed by atoms with E-state index < -0.39 is 0 Å². The van der Waals surface area contributed by atoms with Crippen LogP contribution in [0.3, 0.4) is 0 Å². The lowest BCUT2D eigenvalue weighted by atomic mass is 10.0. The van der Waals surface area contributed by atoms with Gasteiger partial charge in [-0.05, 0) is 68.5 Å². The van der Waals surface area contributed by atoms with E-state index in [0.717, 1.165) is 60.1 Å². The molecule has 0 radical (unpaired) electrons. The van der Waals surface area contributed by atoms with Crippen LogP contribution < -0.4 is 5.43 Å². The monoisotopic (exact) mass is 425 g/mol. The van der Waals surface area contributed by atoms with Crippen LogP contribution in [0.1, 0.15) is 40.9 Å². The summed E-state index contributed by atoms with van der Waals surface area (Å²) in [6.45, 7) is 2.85. The molecule has 5 rings (SSSR count). The second-order valence-corrected chi connectivity index (χ2v) is 8.47. The Hall–Kier alpha value is -3.51. The lowest BCUT2D eigenvalue weighted by Gasteiger charge is -2.25. The molecule has 1 atom stereocenters. The van der Waals surface area contributed by atoms with Gasteiger partial charge >= 0.3 is 0 Å². The Kier molecular flexibility index (Phi) is 5.69. The summed E-state index contributed by atoms with van der Waals surface area (Å²) in [5.41, 5.74) is 8.81. The highest BCUT2D eigenvalue weighted by Crippen LogP contribution is 2.27. The van der Waals surface area contributed by atoms with Crippen molar-refractivity contribution < 1.29 is 4.79 Å². The van der Waals surface area contributed by atoms with Crippen molar-refractivity contribution in [2.45, 2.75) is 38.6 Å². The van der Waals surface area contributed by atoms with E-state index in [-0.39, 0.29) is 5.91 Å². The third-order valence-corrected chi connectivity index (χ3v) is 6.23. The number of H-pyrrole nitrogens is 1. The van der Waals surface area contributed by atoms with Gasteiger partial charge in [0.15, 0.2) is 0 Å². The van der Waals surface area contributed by atoms with Gasteiger partial charge in [-0.1, -0.05) is 30.3 Å². The number of nitrogens with one attached hydrogen (secondary N) is 2. The van der Waals surface area contributed by atoms with Crippen molar-refractivity contribution in [3.05, 3.63) is 83.7 Å². The zero-order chi connectivity index (χ0) is 21.9. The van der Waals surface area contributed by atoms with Crippen molar-refractivity contribution in [2.75, 3.05) is 6.54 Å². The first-order chi connectivity index (χ1) is 15.7. The summed E-state index contributed by atoms with van der Waals surface area (Å²) in [4.78, 5) is 17.4. The molecule has 2 N–H and O–H groups in total. The Bertz CT molecular complexity index is 1230. The minimum absolute atomic E-state index is 0.0726. The van der Waals surface area contributed by atoms with Crippen molar-refractivity contribution in [3.63, 3.8) is 0 Å². The predicted octanol–water partition coefficient (Wildman–Crippen LogP) is 4.68. The van der Waals surface area contributed by atoms with Gasteiger partial charge in [0.2, 0.25) is 0 Å². The first-order valence-electron chi connectivity index (χ1n) is 11.2. The zero-order valence-electron chi connectivity index (χ0n) is 18.2. The summed E-state index contributed by atoms with van der Waals surface area (Å²) in [5, 5.41) is 10.6. The number of amides is 1. The number of fused-ring (bicyclic) bond motifs is 1. The van der Waals surface area contributed by atoms with E-state index >= 15 is 0 Å². The smallest absolute Gasteiger partial charge is 0.265 e. The summed E-state index contributed by atoms with van der Waals surface area (Å²) >= 11 is 0. The molecule has 6 nitrogen and oxygen atoms in total. The highest BCUT2D eigenvalue weighted by molar-refractivity contribution is 6.01. The molecule has 1 amide bonds. The molecule has 1 fully saturated rings. The molecule has 1 aliphatic rings. The number of rotatable bonds is 6. The largest absolute Gasteiger partial charge is 0.285 e. The van der Waals surface area contributed by atoms with Gasteiger partial charge in [0.25, 0.3) is 5.91 Å². The van der Waals surface area contributed by atoms with Gasteiger partial charge in [-0.2, -0.15) is 5.10 Å². The number of benzene rings is 2. The number of hydrogen-bond donors (Lipinski definition) is 2. The van der Waals surface area contributed by atoms with Crippen LogP contribution in [0.5, 0.6) is 0 Å². The Balaban J connectivity index is 1.31. The number of pyridine rings is 1. The lowest BCUT2D eigenvalue weighted by molar-refractivity contribution is 0.0757. The number of aromatic amines is 1. The third kappa shape index (κ3) is 4.27. The summed E-state index contributed by atoms with van der Waals surface area (Å²) in [7, 11) is 0. The molecular formula is C26H27N5O. The van der Waals surface area contributed by atoms with Gasteiger partial charge in [0, 0.05) is 41.0 Å². The van der Waals surface area contributed by atoms with Crippen LogP contribution in [0.4, 0.5) is 0 Å². The molecule has 0 spiro atoms. The van der Waals surface area contributed by atoms with Gasteiger partial charge in [-0.15, -0.1) is 0 Å². The standard InChI is InChI=1S/C26H27N5O/c1-18-16-20(13-14-27-18)25-23-17-21(10-12-24(23)28-29-25)26(32)30-31-15-5-8-22(31)11-9-19-6-3-2-4-7-19/h2-4,6-7,10,12-14,16-17,22H,5,8-9,11,15H2,1H3,(H,28,29)(H,30,32). The highest BCUT2D eigenvalue weighted by Gasteiger charge is 2.26. The molecule has 4 aromatic rings. The van der Waals surface area contributed by atoms with Crippen molar-refractivity contribution in [3.8, 4) is 11.3 Å².